The number of aromatic nitrogens is 1. The van der Waals surface area contributed by atoms with Gasteiger partial charge in [-0.3, -0.25) is 10.1 Å². The summed E-state index contributed by atoms with van der Waals surface area (Å²) in [6.07, 6.45) is 1.43. The van der Waals surface area contributed by atoms with Gasteiger partial charge in [-0.05, 0) is 31.2 Å². The molecule has 0 saturated heterocycles. The molecule has 0 bridgehead atoms. The van der Waals surface area contributed by atoms with E-state index in [4.69, 9.17) is 9.02 Å². The maximum Gasteiger partial charge on any atom is 0.396 e. The van der Waals surface area contributed by atoms with Gasteiger partial charge >= 0.3 is 10.1 Å². The first-order chi connectivity index (χ1) is 12.8. The van der Waals surface area contributed by atoms with Crippen molar-refractivity contribution in [2.24, 2.45) is 0 Å². The van der Waals surface area contributed by atoms with Gasteiger partial charge in [-0.25, -0.2) is 0 Å². The minimum atomic E-state index is -4.13. The lowest BCUT2D eigenvalue weighted by atomic mass is 10.1. The number of nitro groups is 1. The fourth-order valence-corrected chi connectivity index (χ4v) is 3.53. The van der Waals surface area contributed by atoms with Crippen LogP contribution in [0.25, 0.3) is 10.9 Å². The normalized spacial score (nSPS) is 11.5. The highest BCUT2D eigenvalue weighted by atomic mass is 32.2. The Morgan fingerprint density at radius 3 is 2.48 bits per heavy atom. The molecule has 1 aromatic heterocycles. The Balaban J connectivity index is 2.16. The fourth-order valence-electron chi connectivity index (χ4n) is 2.64. The van der Waals surface area contributed by atoms with Gasteiger partial charge in [0.05, 0.1) is 11.5 Å². The van der Waals surface area contributed by atoms with Crippen molar-refractivity contribution in [2.75, 3.05) is 7.11 Å². The van der Waals surface area contributed by atoms with Gasteiger partial charge in [0.2, 0.25) is 6.20 Å². The third-order valence-electron chi connectivity index (χ3n) is 3.91. The highest BCUT2D eigenvalue weighted by Crippen LogP contribution is 2.24. The lowest BCUT2D eigenvalue weighted by Crippen LogP contribution is -2.46. The van der Waals surface area contributed by atoms with Crippen molar-refractivity contribution in [3.63, 3.8) is 0 Å². The second kappa shape index (κ2) is 7.29. The van der Waals surface area contributed by atoms with Crippen LogP contribution in [0, 0.1) is 17.0 Å². The molecular formula is C18H17N2O6S+. The van der Waals surface area contributed by atoms with Crippen LogP contribution in [0.1, 0.15) is 11.1 Å². The average molecular weight is 389 g/mol. The molecule has 2 aromatic carbocycles. The number of pyridine rings is 1. The maximum absolute atomic E-state index is 12.6. The lowest BCUT2D eigenvalue weighted by molar-refractivity contribution is -0.835. The Labute approximate surface area is 155 Å². The van der Waals surface area contributed by atoms with E-state index in [0.29, 0.717) is 5.56 Å². The summed E-state index contributed by atoms with van der Waals surface area (Å²) in [5, 5.41) is 11.6. The van der Waals surface area contributed by atoms with Gasteiger partial charge in [-0.15, -0.1) is 4.28 Å². The van der Waals surface area contributed by atoms with Gasteiger partial charge in [0.25, 0.3) is 11.2 Å². The van der Waals surface area contributed by atoms with Crippen LogP contribution in [0.4, 0.5) is 5.69 Å². The van der Waals surface area contributed by atoms with Crippen molar-refractivity contribution in [2.45, 2.75) is 18.4 Å². The summed E-state index contributed by atoms with van der Waals surface area (Å²) < 4.78 is 36.6. The molecule has 1 heterocycles. The van der Waals surface area contributed by atoms with Crippen LogP contribution in [-0.4, -0.2) is 20.5 Å². The van der Waals surface area contributed by atoms with E-state index in [0.717, 1.165) is 10.3 Å². The molecule has 0 radical (unpaired) electrons. The number of hydrogen-bond acceptors (Lipinski definition) is 6. The van der Waals surface area contributed by atoms with Crippen LogP contribution in [0.5, 0.6) is 0 Å². The lowest BCUT2D eigenvalue weighted by Gasteiger charge is -2.05. The summed E-state index contributed by atoms with van der Waals surface area (Å²) in [7, 11) is -2.66. The van der Waals surface area contributed by atoms with Gasteiger partial charge in [0, 0.05) is 29.5 Å². The zero-order chi connectivity index (χ0) is 19.6. The van der Waals surface area contributed by atoms with E-state index in [1.165, 1.54) is 37.6 Å². The first-order valence-electron chi connectivity index (χ1n) is 7.94. The molecule has 3 aromatic rings. The largest absolute Gasteiger partial charge is 0.396 e. The summed E-state index contributed by atoms with van der Waals surface area (Å²) in [6.45, 7) is 1.97. The third kappa shape index (κ3) is 3.88. The molecule has 0 amide bonds. The van der Waals surface area contributed by atoms with E-state index in [2.05, 4.69) is 0 Å². The second-order valence-electron chi connectivity index (χ2n) is 5.92. The van der Waals surface area contributed by atoms with E-state index in [1.807, 2.05) is 6.92 Å². The molecule has 0 aliphatic rings. The van der Waals surface area contributed by atoms with Crippen LogP contribution in [-0.2, 0) is 21.5 Å². The molecule has 0 N–H and O–H groups in total. The maximum atomic E-state index is 12.6. The minimum Gasteiger partial charge on any atom is -0.380 e. The summed E-state index contributed by atoms with van der Waals surface area (Å²) in [5.74, 6) is 0. The average Bonchev–Trinajstić information content (AvgIpc) is 2.61. The number of rotatable bonds is 6. The minimum absolute atomic E-state index is 0.0173. The number of ether oxygens (including phenoxy) is 1. The number of methoxy groups -OCH3 is 1. The predicted molar refractivity (Wildman–Crippen MR) is 96.5 cm³/mol. The Bertz CT molecular complexity index is 1110. The summed E-state index contributed by atoms with van der Waals surface area (Å²) in [4.78, 5) is 10.8. The van der Waals surface area contributed by atoms with Crippen molar-refractivity contribution in [1.82, 2.24) is 0 Å². The zero-order valence-electron chi connectivity index (χ0n) is 14.7. The van der Waals surface area contributed by atoms with Gasteiger partial charge in [-0.1, -0.05) is 17.7 Å². The monoisotopic (exact) mass is 389 g/mol. The summed E-state index contributed by atoms with van der Waals surface area (Å²) >= 11 is 0. The van der Waals surface area contributed by atoms with E-state index < -0.39 is 15.0 Å². The standard InChI is InChI=1S/C18H17N2O6S/c1-13-6-8-15(9-7-13)27(23,24)26-19-11-14(12-25-2)10-16-17(19)4-3-5-18(16)20(21)22/h3-11H,12H2,1-2H3/q+1. The predicted octanol–water partition coefficient (Wildman–Crippen LogP) is 2.31. The van der Waals surface area contributed by atoms with E-state index in [1.54, 1.807) is 24.3 Å². The smallest absolute Gasteiger partial charge is 0.380 e. The van der Waals surface area contributed by atoms with Gasteiger partial charge in [0.1, 0.15) is 10.3 Å². The molecule has 0 aliphatic carbocycles. The molecule has 8 nitrogen and oxygen atoms in total. The molecular weight excluding hydrogens is 372 g/mol. The number of non-ortho nitro benzene ring substituents is 1. The summed E-state index contributed by atoms with van der Waals surface area (Å²) in [6, 6.07) is 12.1. The van der Waals surface area contributed by atoms with Crippen molar-refractivity contribution in [1.29, 1.82) is 0 Å². The van der Waals surface area contributed by atoms with Crippen molar-refractivity contribution >= 4 is 26.7 Å². The Morgan fingerprint density at radius 1 is 1.15 bits per heavy atom. The highest BCUT2D eigenvalue weighted by molar-refractivity contribution is 7.86. The number of nitrogens with zero attached hydrogens (tertiary/aromatic N) is 2. The molecule has 0 unspecified atom stereocenters. The van der Waals surface area contributed by atoms with Gasteiger partial charge in [0.15, 0.2) is 0 Å². The molecule has 0 spiro atoms. The topological polar surface area (TPSA) is 99.6 Å². The molecule has 27 heavy (non-hydrogen) atoms. The fraction of sp³-hybridized carbons (Fsp3) is 0.167. The molecule has 140 valence electrons. The molecule has 0 aliphatic heterocycles. The summed E-state index contributed by atoms with van der Waals surface area (Å²) in [5.41, 5.74) is 1.53. The molecule has 0 fully saturated rings. The number of nitro benzene ring substituents is 1. The second-order valence-corrected chi connectivity index (χ2v) is 7.44. The SMILES string of the molecule is COCc1cc2c([N+](=O)[O-])cccc2[n+](OS(=O)(=O)c2ccc(C)cc2)c1. The van der Waals surface area contributed by atoms with Crippen LogP contribution in [0.3, 0.4) is 0 Å². The van der Waals surface area contributed by atoms with Gasteiger partial charge in [-0.2, -0.15) is 8.42 Å². The van der Waals surface area contributed by atoms with Crippen LogP contribution in [0.15, 0.2) is 59.6 Å². The van der Waals surface area contributed by atoms with E-state index in [9.17, 15) is 18.5 Å². The molecule has 0 saturated carbocycles. The van der Waals surface area contributed by atoms with Crippen molar-refractivity contribution < 1.29 is 27.1 Å². The molecule has 9 heteroatoms. The zero-order valence-corrected chi connectivity index (χ0v) is 15.5. The molecule has 3 rings (SSSR count). The highest BCUT2D eigenvalue weighted by Gasteiger charge is 2.27. The number of benzene rings is 2. The first kappa shape index (κ1) is 18.7. The van der Waals surface area contributed by atoms with Crippen molar-refractivity contribution in [3.05, 3.63) is 76.0 Å². The van der Waals surface area contributed by atoms with Gasteiger partial charge < -0.3 is 4.74 Å². The number of fused-ring (bicyclic) bond motifs is 1. The number of hydrogen-bond donors (Lipinski definition) is 0. The van der Waals surface area contributed by atoms with Crippen molar-refractivity contribution in [3.8, 4) is 0 Å². The molecule has 0 atom stereocenters. The Morgan fingerprint density at radius 2 is 1.85 bits per heavy atom. The van der Waals surface area contributed by atoms with Crippen LogP contribution < -0.4 is 9.01 Å². The van der Waals surface area contributed by atoms with Crippen LogP contribution in [0.2, 0.25) is 0 Å². The number of aryl methyl sites for hydroxylation is 1. The van der Waals surface area contributed by atoms with E-state index >= 15 is 0 Å². The first-order valence-corrected chi connectivity index (χ1v) is 9.35. The Hall–Kier alpha value is -3.04. The third-order valence-corrected chi connectivity index (χ3v) is 5.11. The van der Waals surface area contributed by atoms with E-state index in [-0.39, 0.29) is 28.1 Å². The quantitative estimate of drug-likeness (QED) is 0.364. The Kier molecular flexibility index (Phi) is 5.06. The van der Waals surface area contributed by atoms with Crippen LogP contribution >= 0.6 is 0 Å².